The summed E-state index contributed by atoms with van der Waals surface area (Å²) < 4.78 is 0. The molecule has 0 atom stereocenters. The topological polar surface area (TPSA) is 57.3 Å². The molecule has 2 aliphatic rings. The highest BCUT2D eigenvalue weighted by molar-refractivity contribution is 5.78. The van der Waals surface area contributed by atoms with Crippen LogP contribution in [0.4, 0.5) is 0 Å². The number of carbonyl (C=O) groups excluding carboxylic acids is 1. The Bertz CT molecular complexity index is 320. The molecule has 1 amide bonds. The van der Waals surface area contributed by atoms with E-state index in [1.54, 1.807) is 0 Å². The van der Waals surface area contributed by atoms with Crippen molar-refractivity contribution in [1.29, 1.82) is 5.26 Å². The molecule has 4 heteroatoms. The van der Waals surface area contributed by atoms with Gasteiger partial charge < -0.3 is 10.2 Å². The van der Waals surface area contributed by atoms with Crippen LogP contribution < -0.4 is 10.2 Å². The lowest BCUT2D eigenvalue weighted by Crippen LogP contribution is -3.13. The van der Waals surface area contributed by atoms with Crippen LogP contribution in [0, 0.1) is 11.3 Å². The fourth-order valence-electron chi connectivity index (χ4n) is 3.19. The first-order chi connectivity index (χ1) is 8.74. The number of amides is 1. The van der Waals surface area contributed by atoms with E-state index < -0.39 is 5.54 Å². The predicted octanol–water partition coefficient (Wildman–Crippen LogP) is 0.398. The standard InChI is InChI=1S/C14H23N3O/c15-12-14(7-3-4-8-14)16-13(18)11-17-9-5-1-2-6-10-17/h1-11H2,(H,16,18)/p+1. The van der Waals surface area contributed by atoms with Gasteiger partial charge in [0.1, 0.15) is 5.54 Å². The highest BCUT2D eigenvalue weighted by atomic mass is 16.2. The third kappa shape index (κ3) is 3.46. The van der Waals surface area contributed by atoms with Crippen LogP contribution in [0.1, 0.15) is 51.4 Å². The lowest BCUT2D eigenvalue weighted by Gasteiger charge is -2.23. The van der Waals surface area contributed by atoms with Gasteiger partial charge in [-0.05, 0) is 51.4 Å². The largest absolute Gasteiger partial charge is 0.333 e. The molecule has 4 nitrogen and oxygen atoms in total. The average molecular weight is 250 g/mol. The SMILES string of the molecule is N#CC1(NC(=O)C[NH+]2CCCCCC2)CCCC1. The minimum atomic E-state index is -0.553. The van der Waals surface area contributed by atoms with Gasteiger partial charge in [-0.2, -0.15) is 5.26 Å². The third-order valence-electron chi connectivity index (χ3n) is 4.27. The highest BCUT2D eigenvalue weighted by Crippen LogP contribution is 2.28. The molecule has 0 unspecified atom stereocenters. The maximum Gasteiger partial charge on any atom is 0.276 e. The molecule has 0 radical (unpaired) electrons. The van der Waals surface area contributed by atoms with Crippen molar-refractivity contribution in [2.24, 2.45) is 0 Å². The molecule has 2 N–H and O–H groups in total. The Morgan fingerprint density at radius 1 is 1.11 bits per heavy atom. The van der Waals surface area contributed by atoms with Crippen molar-refractivity contribution in [3.05, 3.63) is 0 Å². The lowest BCUT2D eigenvalue weighted by atomic mass is 10.00. The minimum absolute atomic E-state index is 0.0651. The zero-order valence-corrected chi connectivity index (χ0v) is 11.1. The van der Waals surface area contributed by atoms with Gasteiger partial charge in [0.25, 0.3) is 5.91 Å². The zero-order chi connectivity index (χ0) is 12.8. The van der Waals surface area contributed by atoms with Crippen molar-refractivity contribution in [2.75, 3.05) is 19.6 Å². The van der Waals surface area contributed by atoms with Crippen LogP contribution in [0.2, 0.25) is 0 Å². The normalized spacial score (nSPS) is 24.2. The first-order valence-corrected chi connectivity index (χ1v) is 7.30. The number of hydrogen-bond donors (Lipinski definition) is 2. The van der Waals surface area contributed by atoms with Crippen LogP contribution >= 0.6 is 0 Å². The monoisotopic (exact) mass is 250 g/mol. The second-order valence-corrected chi connectivity index (χ2v) is 5.79. The fourth-order valence-corrected chi connectivity index (χ4v) is 3.19. The summed E-state index contributed by atoms with van der Waals surface area (Å²) in [4.78, 5) is 13.4. The molecule has 2 rings (SSSR count). The zero-order valence-electron chi connectivity index (χ0n) is 11.1. The molecule has 18 heavy (non-hydrogen) atoms. The number of quaternary nitrogens is 1. The maximum atomic E-state index is 12.1. The van der Waals surface area contributed by atoms with E-state index >= 15 is 0 Å². The summed E-state index contributed by atoms with van der Waals surface area (Å²) in [6, 6.07) is 2.32. The first kappa shape index (κ1) is 13.4. The fraction of sp³-hybridized carbons (Fsp3) is 0.857. The summed E-state index contributed by atoms with van der Waals surface area (Å²) in [6.45, 7) is 2.75. The Morgan fingerprint density at radius 3 is 2.28 bits per heavy atom. The predicted molar refractivity (Wildman–Crippen MR) is 69.0 cm³/mol. The Labute approximate surface area is 109 Å². The minimum Gasteiger partial charge on any atom is -0.333 e. The number of carbonyl (C=O) groups is 1. The van der Waals surface area contributed by atoms with Gasteiger partial charge in [-0.15, -0.1) is 0 Å². The third-order valence-corrected chi connectivity index (χ3v) is 4.27. The van der Waals surface area contributed by atoms with E-state index in [0.29, 0.717) is 6.54 Å². The molecule has 1 aliphatic heterocycles. The van der Waals surface area contributed by atoms with Crippen molar-refractivity contribution in [1.82, 2.24) is 5.32 Å². The van der Waals surface area contributed by atoms with E-state index in [1.807, 2.05) is 0 Å². The van der Waals surface area contributed by atoms with Gasteiger partial charge in [-0.3, -0.25) is 4.79 Å². The van der Waals surface area contributed by atoms with Gasteiger partial charge >= 0.3 is 0 Å². The highest BCUT2D eigenvalue weighted by Gasteiger charge is 2.36. The van der Waals surface area contributed by atoms with Crippen LogP contribution in [-0.2, 0) is 4.79 Å². The molecule has 1 aliphatic carbocycles. The molecule has 0 aromatic heterocycles. The van der Waals surface area contributed by atoms with E-state index in [4.69, 9.17) is 0 Å². The lowest BCUT2D eigenvalue weighted by molar-refractivity contribution is -0.891. The number of likely N-dealkylation sites (tertiary alicyclic amines) is 1. The average Bonchev–Trinajstić information content (AvgIpc) is 2.67. The number of nitrogens with one attached hydrogen (secondary N) is 2. The number of nitriles is 1. The van der Waals surface area contributed by atoms with E-state index in [9.17, 15) is 10.1 Å². The number of rotatable bonds is 3. The van der Waals surface area contributed by atoms with Crippen LogP contribution in [0.3, 0.4) is 0 Å². The molecule has 1 saturated carbocycles. The summed E-state index contributed by atoms with van der Waals surface area (Å²) in [5, 5.41) is 12.2. The molecule has 0 aromatic carbocycles. The van der Waals surface area contributed by atoms with Gasteiger partial charge in [0.2, 0.25) is 0 Å². The second-order valence-electron chi connectivity index (χ2n) is 5.79. The van der Waals surface area contributed by atoms with Crippen molar-refractivity contribution >= 4 is 5.91 Å². The van der Waals surface area contributed by atoms with Crippen LogP contribution in [0.15, 0.2) is 0 Å². The second kappa shape index (κ2) is 6.19. The maximum absolute atomic E-state index is 12.1. The molecular weight excluding hydrogens is 226 g/mol. The molecule has 0 bridgehead atoms. The van der Waals surface area contributed by atoms with Crippen molar-refractivity contribution in [3.8, 4) is 6.07 Å². The Hall–Kier alpha value is -1.08. The van der Waals surface area contributed by atoms with Gasteiger partial charge in [0, 0.05) is 0 Å². The molecule has 0 spiro atoms. The summed E-state index contributed by atoms with van der Waals surface area (Å²) in [6.07, 6.45) is 8.82. The van der Waals surface area contributed by atoms with Crippen LogP contribution in [0.5, 0.6) is 0 Å². The molecule has 100 valence electrons. The Kier molecular flexibility index (Phi) is 4.60. The Balaban J connectivity index is 1.82. The summed E-state index contributed by atoms with van der Waals surface area (Å²) in [5.74, 6) is 0.0651. The first-order valence-electron chi connectivity index (χ1n) is 7.30. The molecule has 1 saturated heterocycles. The van der Waals surface area contributed by atoms with Crippen molar-refractivity contribution in [3.63, 3.8) is 0 Å². The summed E-state index contributed by atoms with van der Waals surface area (Å²) in [5.41, 5.74) is -0.553. The smallest absolute Gasteiger partial charge is 0.276 e. The van der Waals surface area contributed by atoms with Crippen molar-refractivity contribution in [2.45, 2.75) is 56.9 Å². The van der Waals surface area contributed by atoms with Gasteiger partial charge in [0.05, 0.1) is 19.2 Å². The van der Waals surface area contributed by atoms with Gasteiger partial charge in [-0.1, -0.05) is 0 Å². The number of hydrogen-bond acceptors (Lipinski definition) is 2. The molecule has 0 aromatic rings. The van der Waals surface area contributed by atoms with Crippen molar-refractivity contribution < 1.29 is 9.69 Å². The van der Waals surface area contributed by atoms with E-state index in [0.717, 1.165) is 38.8 Å². The van der Waals surface area contributed by atoms with E-state index in [1.165, 1.54) is 30.6 Å². The van der Waals surface area contributed by atoms with E-state index in [-0.39, 0.29) is 5.91 Å². The van der Waals surface area contributed by atoms with E-state index in [2.05, 4.69) is 11.4 Å². The molecular formula is C14H24N3O+. The Morgan fingerprint density at radius 2 is 1.72 bits per heavy atom. The van der Waals surface area contributed by atoms with Crippen LogP contribution in [-0.4, -0.2) is 31.1 Å². The quantitative estimate of drug-likeness (QED) is 0.761. The summed E-state index contributed by atoms with van der Waals surface area (Å²) >= 11 is 0. The number of nitrogens with zero attached hydrogens (tertiary/aromatic N) is 1. The molecule has 1 heterocycles. The van der Waals surface area contributed by atoms with Gasteiger partial charge in [-0.25, -0.2) is 0 Å². The molecule has 2 fully saturated rings. The van der Waals surface area contributed by atoms with Crippen LogP contribution in [0.25, 0.3) is 0 Å². The van der Waals surface area contributed by atoms with Gasteiger partial charge in [0.15, 0.2) is 6.54 Å². The summed E-state index contributed by atoms with van der Waals surface area (Å²) in [7, 11) is 0.